The predicted octanol–water partition coefficient (Wildman–Crippen LogP) is 2.54. The molecular weight excluding hydrogens is 258 g/mol. The summed E-state index contributed by atoms with van der Waals surface area (Å²) in [4.78, 5) is 11.7. The maximum absolute atomic E-state index is 11.7. The number of benzene rings is 1. The van der Waals surface area contributed by atoms with Gasteiger partial charge in [0.2, 0.25) is 5.91 Å². The fraction of sp³-hybridized carbons (Fsp3) is 0.533. The van der Waals surface area contributed by atoms with Crippen molar-refractivity contribution in [2.45, 2.75) is 32.7 Å². The van der Waals surface area contributed by atoms with Gasteiger partial charge in [-0.15, -0.1) is 0 Å². The van der Waals surface area contributed by atoms with E-state index in [9.17, 15) is 9.90 Å². The zero-order valence-corrected chi connectivity index (χ0v) is 12.5. The number of nitrogens with one attached hydrogen (secondary N) is 1. The Labute approximate surface area is 119 Å². The van der Waals surface area contributed by atoms with Crippen molar-refractivity contribution < 1.29 is 9.90 Å². The molecule has 1 unspecified atom stereocenters. The van der Waals surface area contributed by atoms with Crippen LogP contribution in [0.1, 0.15) is 37.4 Å². The van der Waals surface area contributed by atoms with E-state index in [-0.39, 0.29) is 18.6 Å². The molecule has 19 heavy (non-hydrogen) atoms. The summed E-state index contributed by atoms with van der Waals surface area (Å²) in [6, 6.07) is 7.72. The zero-order valence-electron chi connectivity index (χ0n) is 11.7. The van der Waals surface area contributed by atoms with Crippen LogP contribution in [-0.2, 0) is 11.2 Å². The Bertz CT molecular complexity index is 378. The Morgan fingerprint density at radius 3 is 2.53 bits per heavy atom. The van der Waals surface area contributed by atoms with Crippen molar-refractivity contribution in [2.75, 3.05) is 18.1 Å². The van der Waals surface area contributed by atoms with Crippen molar-refractivity contribution in [3.63, 3.8) is 0 Å². The molecule has 0 saturated carbocycles. The number of rotatable bonds is 8. The van der Waals surface area contributed by atoms with Crippen LogP contribution in [0.2, 0.25) is 0 Å². The van der Waals surface area contributed by atoms with E-state index in [0.29, 0.717) is 6.42 Å². The van der Waals surface area contributed by atoms with Crippen LogP contribution in [0, 0.1) is 0 Å². The Morgan fingerprint density at radius 1 is 1.32 bits per heavy atom. The summed E-state index contributed by atoms with van der Waals surface area (Å²) in [6.07, 6.45) is 1.49. The number of carbonyl (C=O) groups excluding carboxylic acids is 1. The fourth-order valence-electron chi connectivity index (χ4n) is 1.80. The first kappa shape index (κ1) is 16.1. The number of thioether (sulfide) groups is 1. The summed E-state index contributed by atoms with van der Waals surface area (Å²) < 4.78 is 0. The Kier molecular flexibility index (Phi) is 7.60. The van der Waals surface area contributed by atoms with Gasteiger partial charge in [-0.2, -0.15) is 11.8 Å². The minimum absolute atomic E-state index is 0.000400. The van der Waals surface area contributed by atoms with Gasteiger partial charge in [0.15, 0.2) is 0 Å². The molecule has 0 bridgehead atoms. The second kappa shape index (κ2) is 8.99. The van der Waals surface area contributed by atoms with Gasteiger partial charge in [0, 0.05) is 12.2 Å². The van der Waals surface area contributed by atoms with Gasteiger partial charge in [-0.3, -0.25) is 4.79 Å². The van der Waals surface area contributed by atoms with Gasteiger partial charge in [0.05, 0.1) is 12.6 Å². The maximum Gasteiger partial charge on any atom is 0.221 e. The summed E-state index contributed by atoms with van der Waals surface area (Å²) in [7, 11) is 0. The highest BCUT2D eigenvalue weighted by Gasteiger charge is 2.13. The molecule has 4 heteroatoms. The number of aliphatic hydroxyl groups is 1. The van der Waals surface area contributed by atoms with E-state index in [0.717, 1.165) is 23.5 Å². The van der Waals surface area contributed by atoms with Crippen LogP contribution in [0.15, 0.2) is 24.3 Å². The largest absolute Gasteiger partial charge is 0.394 e. The van der Waals surface area contributed by atoms with Gasteiger partial charge >= 0.3 is 0 Å². The van der Waals surface area contributed by atoms with Crippen LogP contribution in [0.4, 0.5) is 0 Å². The lowest BCUT2D eigenvalue weighted by atomic mass is 10.0. The van der Waals surface area contributed by atoms with E-state index in [1.807, 2.05) is 24.3 Å². The molecule has 0 aliphatic carbocycles. The number of hydrogen-bond donors (Lipinski definition) is 2. The first-order chi connectivity index (χ1) is 9.21. The molecule has 0 aliphatic heterocycles. The summed E-state index contributed by atoms with van der Waals surface area (Å²) in [5, 5.41) is 12.3. The monoisotopic (exact) mass is 281 g/mol. The minimum Gasteiger partial charge on any atom is -0.394 e. The zero-order chi connectivity index (χ0) is 14.1. The normalized spacial score (nSPS) is 12.2. The number of amides is 1. The number of aliphatic hydroxyl groups excluding tert-OH is 1. The molecule has 0 aliphatic rings. The van der Waals surface area contributed by atoms with Gasteiger partial charge in [0.25, 0.3) is 0 Å². The first-order valence-electron chi connectivity index (χ1n) is 6.78. The molecular formula is C15H23NO2S. The Hall–Kier alpha value is -1.00. The molecule has 1 aromatic rings. The van der Waals surface area contributed by atoms with Crippen molar-refractivity contribution in [3.05, 3.63) is 35.4 Å². The lowest BCUT2D eigenvalue weighted by Crippen LogP contribution is -2.31. The number of hydrogen-bond acceptors (Lipinski definition) is 3. The lowest BCUT2D eigenvalue weighted by molar-refractivity contribution is -0.121. The summed E-state index contributed by atoms with van der Waals surface area (Å²) in [6.45, 7) is 4.11. The van der Waals surface area contributed by atoms with E-state index < -0.39 is 0 Å². The molecule has 0 fully saturated rings. The van der Waals surface area contributed by atoms with Gasteiger partial charge in [-0.25, -0.2) is 0 Å². The molecule has 1 atom stereocenters. The second-order valence-corrected chi connectivity index (χ2v) is 5.74. The van der Waals surface area contributed by atoms with Gasteiger partial charge in [-0.05, 0) is 23.3 Å². The quantitative estimate of drug-likeness (QED) is 0.720. The van der Waals surface area contributed by atoms with E-state index >= 15 is 0 Å². The third-order valence-electron chi connectivity index (χ3n) is 2.99. The third kappa shape index (κ3) is 5.66. The molecule has 0 radical (unpaired) electrons. The molecule has 106 valence electrons. The van der Waals surface area contributed by atoms with Crippen LogP contribution in [0.5, 0.6) is 0 Å². The SMILES string of the molecule is CCSCCC(=O)NC(CO)c1ccc(CC)cc1. The topological polar surface area (TPSA) is 49.3 Å². The smallest absolute Gasteiger partial charge is 0.221 e. The van der Waals surface area contributed by atoms with E-state index in [1.165, 1.54) is 5.56 Å². The molecule has 1 rings (SSSR count). The van der Waals surface area contributed by atoms with Gasteiger partial charge in [0.1, 0.15) is 0 Å². The minimum atomic E-state index is -0.301. The Balaban J connectivity index is 2.54. The standard InChI is InChI=1S/C15H23NO2S/c1-3-12-5-7-13(8-6-12)14(11-17)16-15(18)9-10-19-4-2/h5-8,14,17H,3-4,9-11H2,1-2H3,(H,16,18). The molecule has 0 saturated heterocycles. The van der Waals surface area contributed by atoms with Crippen LogP contribution in [0.3, 0.4) is 0 Å². The number of aryl methyl sites for hydroxylation is 1. The first-order valence-corrected chi connectivity index (χ1v) is 7.93. The maximum atomic E-state index is 11.7. The average molecular weight is 281 g/mol. The van der Waals surface area contributed by atoms with Crippen molar-refractivity contribution in [2.24, 2.45) is 0 Å². The third-order valence-corrected chi connectivity index (χ3v) is 3.89. The fourth-order valence-corrected chi connectivity index (χ4v) is 2.41. The van der Waals surface area contributed by atoms with Crippen LogP contribution in [-0.4, -0.2) is 29.1 Å². The highest BCUT2D eigenvalue weighted by Crippen LogP contribution is 2.14. The van der Waals surface area contributed by atoms with Crippen LogP contribution >= 0.6 is 11.8 Å². The number of carbonyl (C=O) groups is 1. The molecule has 1 aromatic carbocycles. The van der Waals surface area contributed by atoms with E-state index in [1.54, 1.807) is 11.8 Å². The van der Waals surface area contributed by atoms with Crippen LogP contribution in [0.25, 0.3) is 0 Å². The molecule has 2 N–H and O–H groups in total. The second-order valence-electron chi connectivity index (χ2n) is 4.34. The van der Waals surface area contributed by atoms with E-state index in [2.05, 4.69) is 19.2 Å². The van der Waals surface area contributed by atoms with Crippen molar-refractivity contribution in [1.29, 1.82) is 0 Å². The highest BCUT2D eigenvalue weighted by molar-refractivity contribution is 7.99. The van der Waals surface area contributed by atoms with Crippen molar-refractivity contribution in [1.82, 2.24) is 5.32 Å². The molecule has 1 amide bonds. The molecule has 3 nitrogen and oxygen atoms in total. The van der Waals surface area contributed by atoms with Crippen LogP contribution < -0.4 is 5.32 Å². The summed E-state index contributed by atoms with van der Waals surface area (Å²) in [5.74, 6) is 1.85. The van der Waals surface area contributed by atoms with Gasteiger partial charge < -0.3 is 10.4 Å². The van der Waals surface area contributed by atoms with Crippen molar-refractivity contribution in [3.8, 4) is 0 Å². The summed E-state index contributed by atoms with van der Waals surface area (Å²) in [5.41, 5.74) is 2.21. The molecule has 0 aromatic heterocycles. The molecule has 0 spiro atoms. The predicted molar refractivity (Wildman–Crippen MR) is 81.4 cm³/mol. The highest BCUT2D eigenvalue weighted by atomic mass is 32.2. The van der Waals surface area contributed by atoms with Crippen molar-refractivity contribution >= 4 is 17.7 Å². The lowest BCUT2D eigenvalue weighted by Gasteiger charge is -2.17. The Morgan fingerprint density at radius 2 is 2.00 bits per heavy atom. The van der Waals surface area contributed by atoms with E-state index in [4.69, 9.17) is 0 Å². The average Bonchev–Trinajstić information content (AvgIpc) is 2.45. The molecule has 0 heterocycles. The van der Waals surface area contributed by atoms with Gasteiger partial charge in [-0.1, -0.05) is 38.1 Å². The summed E-state index contributed by atoms with van der Waals surface area (Å²) >= 11 is 1.75.